The molecule has 0 aliphatic carbocycles. The van der Waals surface area contributed by atoms with Crippen molar-refractivity contribution in [1.82, 2.24) is 24.5 Å². The van der Waals surface area contributed by atoms with Gasteiger partial charge >= 0.3 is 0 Å². The Hall–Kier alpha value is -5.68. The Morgan fingerprint density at radius 2 is 1.27 bits per heavy atom. The van der Waals surface area contributed by atoms with Crippen molar-refractivity contribution >= 4 is 32.6 Å². The first kappa shape index (κ1) is 23.2. The van der Waals surface area contributed by atoms with Crippen molar-refractivity contribution in [2.75, 3.05) is 0 Å². The highest BCUT2D eigenvalue weighted by Gasteiger charge is 2.15. The maximum absolute atomic E-state index is 5.20. The maximum Gasteiger partial charge on any atom is 0.138 e. The Morgan fingerprint density at radius 3 is 2.20 bits per heavy atom. The van der Waals surface area contributed by atoms with Gasteiger partial charge in [0.05, 0.1) is 33.8 Å². The first-order valence-electron chi connectivity index (χ1n) is 13.6. The van der Waals surface area contributed by atoms with E-state index in [-0.39, 0.29) is 0 Å². The molecule has 41 heavy (non-hydrogen) atoms. The van der Waals surface area contributed by atoms with Gasteiger partial charge in [0.2, 0.25) is 0 Å². The Bertz CT molecular complexity index is 2160. The lowest BCUT2D eigenvalue weighted by Crippen LogP contribution is -1.99. The average Bonchev–Trinajstić information content (AvgIpc) is 3.39. The van der Waals surface area contributed by atoms with Gasteiger partial charge in [-0.1, -0.05) is 66.7 Å². The normalized spacial score (nSPS) is 11.4. The standard InChI is InChI=1S/C36H23N5/c1-2-9-25-20-26(16-15-24(25)8-1)32-21-27(22-33(39-32)31-11-5-6-18-38-31)30-12-7-14-36(40-30)41-34-13-4-3-10-28(34)29-23-37-19-17-35(29)41/h1-23H. The molecule has 8 aromatic rings. The Morgan fingerprint density at radius 1 is 0.463 bits per heavy atom. The number of fused-ring (bicyclic) bond motifs is 4. The maximum atomic E-state index is 5.20. The minimum Gasteiger partial charge on any atom is -0.294 e. The van der Waals surface area contributed by atoms with E-state index in [9.17, 15) is 0 Å². The summed E-state index contributed by atoms with van der Waals surface area (Å²) >= 11 is 0. The predicted molar refractivity (Wildman–Crippen MR) is 166 cm³/mol. The van der Waals surface area contributed by atoms with Crippen molar-refractivity contribution in [2.45, 2.75) is 0 Å². The number of pyridine rings is 4. The summed E-state index contributed by atoms with van der Waals surface area (Å²) in [6.45, 7) is 0. The molecular weight excluding hydrogens is 502 g/mol. The van der Waals surface area contributed by atoms with Crippen molar-refractivity contribution in [2.24, 2.45) is 0 Å². The van der Waals surface area contributed by atoms with E-state index in [1.165, 1.54) is 10.8 Å². The second-order valence-corrected chi connectivity index (χ2v) is 10.0. The summed E-state index contributed by atoms with van der Waals surface area (Å²) in [5.74, 6) is 0.850. The van der Waals surface area contributed by atoms with Crippen LogP contribution in [0.4, 0.5) is 0 Å². The molecule has 0 bridgehead atoms. The predicted octanol–water partition coefficient (Wildman–Crippen LogP) is 8.52. The van der Waals surface area contributed by atoms with Gasteiger partial charge in [0, 0.05) is 40.5 Å². The van der Waals surface area contributed by atoms with Crippen LogP contribution in [-0.4, -0.2) is 24.5 Å². The highest BCUT2D eigenvalue weighted by Crippen LogP contribution is 2.33. The van der Waals surface area contributed by atoms with E-state index < -0.39 is 0 Å². The second-order valence-electron chi connectivity index (χ2n) is 10.0. The summed E-state index contributed by atoms with van der Waals surface area (Å²) in [4.78, 5) is 19.2. The van der Waals surface area contributed by atoms with Gasteiger partial charge in [-0.3, -0.25) is 14.5 Å². The first-order valence-corrected chi connectivity index (χ1v) is 13.6. The molecule has 5 aromatic heterocycles. The third-order valence-corrected chi connectivity index (χ3v) is 7.53. The molecule has 5 nitrogen and oxygen atoms in total. The molecule has 5 heteroatoms. The fourth-order valence-electron chi connectivity index (χ4n) is 5.59. The van der Waals surface area contributed by atoms with E-state index in [1.54, 1.807) is 6.20 Å². The summed E-state index contributed by atoms with van der Waals surface area (Å²) < 4.78 is 2.21. The highest BCUT2D eigenvalue weighted by molar-refractivity contribution is 6.08. The molecule has 5 heterocycles. The van der Waals surface area contributed by atoms with Crippen LogP contribution in [-0.2, 0) is 0 Å². The summed E-state index contributed by atoms with van der Waals surface area (Å²) in [5, 5.41) is 4.64. The molecule has 0 saturated carbocycles. The molecule has 0 atom stereocenters. The van der Waals surface area contributed by atoms with Crippen molar-refractivity contribution in [3.05, 3.63) is 140 Å². The number of benzene rings is 3. The summed E-state index contributed by atoms with van der Waals surface area (Å²) in [6.07, 6.45) is 5.56. The van der Waals surface area contributed by atoms with E-state index >= 15 is 0 Å². The van der Waals surface area contributed by atoms with E-state index in [0.717, 1.165) is 61.5 Å². The number of rotatable bonds is 4. The number of aromatic nitrogens is 5. The molecule has 192 valence electrons. The zero-order chi connectivity index (χ0) is 27.2. The zero-order valence-electron chi connectivity index (χ0n) is 22.0. The fraction of sp³-hybridized carbons (Fsp3) is 0. The highest BCUT2D eigenvalue weighted by atomic mass is 15.1. The van der Waals surface area contributed by atoms with Crippen molar-refractivity contribution in [3.8, 4) is 39.7 Å². The average molecular weight is 526 g/mol. The lowest BCUT2D eigenvalue weighted by atomic mass is 10.0. The number of hydrogen-bond donors (Lipinski definition) is 0. The van der Waals surface area contributed by atoms with Crippen LogP contribution in [0.3, 0.4) is 0 Å². The van der Waals surface area contributed by atoms with Crippen LogP contribution in [0, 0.1) is 0 Å². The summed E-state index contributed by atoms with van der Waals surface area (Å²) in [6, 6.07) is 41.6. The van der Waals surface area contributed by atoms with Crippen LogP contribution < -0.4 is 0 Å². The quantitative estimate of drug-likeness (QED) is 0.231. The Balaban J connectivity index is 1.33. The third kappa shape index (κ3) is 4.03. The fourth-order valence-corrected chi connectivity index (χ4v) is 5.59. The van der Waals surface area contributed by atoms with Gasteiger partial charge in [-0.25, -0.2) is 9.97 Å². The summed E-state index contributed by atoms with van der Waals surface area (Å²) in [7, 11) is 0. The lowest BCUT2D eigenvalue weighted by Gasteiger charge is -2.12. The van der Waals surface area contributed by atoms with Crippen molar-refractivity contribution in [3.63, 3.8) is 0 Å². The number of hydrogen-bond acceptors (Lipinski definition) is 4. The monoisotopic (exact) mass is 525 g/mol. The van der Waals surface area contributed by atoms with Crippen LogP contribution in [0.15, 0.2) is 140 Å². The third-order valence-electron chi connectivity index (χ3n) is 7.53. The van der Waals surface area contributed by atoms with Crippen LogP contribution >= 0.6 is 0 Å². The minimum absolute atomic E-state index is 0.807. The molecule has 0 spiro atoms. The van der Waals surface area contributed by atoms with Gasteiger partial charge < -0.3 is 0 Å². The summed E-state index contributed by atoms with van der Waals surface area (Å²) in [5.41, 5.74) is 7.58. The minimum atomic E-state index is 0.807. The van der Waals surface area contributed by atoms with Gasteiger partial charge in [-0.2, -0.15) is 0 Å². The molecule has 8 rings (SSSR count). The number of nitrogens with zero attached hydrogens (tertiary/aromatic N) is 5. The van der Waals surface area contributed by atoms with Gasteiger partial charge in [0.15, 0.2) is 0 Å². The van der Waals surface area contributed by atoms with E-state index in [4.69, 9.17) is 9.97 Å². The molecule has 0 saturated heterocycles. The smallest absolute Gasteiger partial charge is 0.138 e. The molecule has 0 radical (unpaired) electrons. The molecule has 0 amide bonds. The van der Waals surface area contributed by atoms with Crippen LogP contribution in [0.5, 0.6) is 0 Å². The van der Waals surface area contributed by atoms with Crippen LogP contribution in [0.2, 0.25) is 0 Å². The van der Waals surface area contributed by atoms with Crippen molar-refractivity contribution in [1.29, 1.82) is 0 Å². The van der Waals surface area contributed by atoms with Crippen molar-refractivity contribution < 1.29 is 0 Å². The molecule has 0 aliphatic heterocycles. The van der Waals surface area contributed by atoms with Gasteiger partial charge in [0.1, 0.15) is 5.82 Å². The van der Waals surface area contributed by atoms with Gasteiger partial charge in [0.25, 0.3) is 0 Å². The number of para-hydroxylation sites is 1. The van der Waals surface area contributed by atoms with E-state index in [1.807, 2.05) is 36.7 Å². The Labute approximate surface area is 236 Å². The molecule has 0 unspecified atom stereocenters. The lowest BCUT2D eigenvalue weighted by molar-refractivity contribution is 1.08. The molecule has 3 aromatic carbocycles. The van der Waals surface area contributed by atoms with Gasteiger partial charge in [-0.15, -0.1) is 0 Å². The molecule has 0 aliphatic rings. The SMILES string of the molecule is c1ccc(-c2cc(-c3cccc(-n4c5ccccc5c5cnccc54)n3)cc(-c3ccc4ccccc4c3)n2)nc1. The molecule has 0 N–H and O–H groups in total. The Kier molecular flexibility index (Phi) is 5.38. The largest absolute Gasteiger partial charge is 0.294 e. The van der Waals surface area contributed by atoms with Crippen LogP contribution in [0.1, 0.15) is 0 Å². The zero-order valence-corrected chi connectivity index (χ0v) is 22.0. The van der Waals surface area contributed by atoms with Crippen LogP contribution in [0.25, 0.3) is 72.3 Å². The second kappa shape index (κ2) is 9.50. The first-order chi connectivity index (χ1) is 20.3. The molecular formula is C36H23N5. The van der Waals surface area contributed by atoms with E-state index in [2.05, 4.69) is 112 Å². The van der Waals surface area contributed by atoms with Gasteiger partial charge in [-0.05, 0) is 65.4 Å². The topological polar surface area (TPSA) is 56.5 Å². The van der Waals surface area contributed by atoms with E-state index in [0.29, 0.717) is 0 Å². The molecule has 0 fully saturated rings.